The number of pyridine rings is 1. The summed E-state index contributed by atoms with van der Waals surface area (Å²) >= 11 is 1.52. The summed E-state index contributed by atoms with van der Waals surface area (Å²) in [5.41, 5.74) is 2.18. The van der Waals surface area contributed by atoms with Crippen LogP contribution in [0.15, 0.2) is 72.0 Å². The molecule has 3 aromatic heterocycles. The van der Waals surface area contributed by atoms with Crippen LogP contribution in [0, 0.1) is 6.92 Å². The van der Waals surface area contributed by atoms with Gasteiger partial charge < -0.3 is 9.67 Å². The maximum Gasteiger partial charge on any atom is 0.255 e. The molecule has 0 aliphatic carbocycles. The fourth-order valence-electron chi connectivity index (χ4n) is 3.05. The minimum atomic E-state index is -0.217. The van der Waals surface area contributed by atoms with E-state index < -0.39 is 0 Å². The van der Waals surface area contributed by atoms with Crippen molar-refractivity contribution in [3.8, 4) is 17.1 Å². The molecular formula is C22H19N3O3S. The van der Waals surface area contributed by atoms with Gasteiger partial charge in [-0.2, -0.15) is 0 Å². The number of imidazole rings is 1. The van der Waals surface area contributed by atoms with Crippen LogP contribution >= 0.6 is 11.3 Å². The molecule has 7 heteroatoms. The van der Waals surface area contributed by atoms with Crippen molar-refractivity contribution >= 4 is 17.1 Å². The van der Waals surface area contributed by atoms with Gasteiger partial charge in [-0.1, -0.05) is 0 Å². The van der Waals surface area contributed by atoms with Crippen molar-refractivity contribution in [2.75, 3.05) is 0 Å². The third-order valence-corrected chi connectivity index (χ3v) is 5.62. The van der Waals surface area contributed by atoms with E-state index in [1.165, 1.54) is 34.2 Å². The number of nitrogens with zero attached hydrogens (tertiary/aromatic N) is 3. The highest BCUT2D eigenvalue weighted by atomic mass is 32.1. The van der Waals surface area contributed by atoms with Crippen molar-refractivity contribution in [3.05, 3.63) is 93.1 Å². The lowest BCUT2D eigenvalue weighted by molar-refractivity contribution is 0.0986. The number of hydrogen-bond donors (Lipinski definition) is 1. The number of benzene rings is 1. The van der Waals surface area contributed by atoms with Gasteiger partial charge in [0.15, 0.2) is 5.78 Å². The maximum atomic E-state index is 12.3. The zero-order chi connectivity index (χ0) is 20.4. The molecule has 0 amide bonds. The summed E-state index contributed by atoms with van der Waals surface area (Å²) in [4.78, 5) is 30.6. The molecule has 1 N–H and O–H groups in total. The number of thiophene rings is 1. The van der Waals surface area contributed by atoms with Gasteiger partial charge in [-0.05, 0) is 55.8 Å². The molecule has 0 aliphatic rings. The Labute approximate surface area is 171 Å². The van der Waals surface area contributed by atoms with Gasteiger partial charge in [-0.15, -0.1) is 11.3 Å². The summed E-state index contributed by atoms with van der Waals surface area (Å²) in [6.45, 7) is 1.99. The normalized spacial score (nSPS) is 10.9. The lowest BCUT2D eigenvalue weighted by Crippen LogP contribution is -2.15. The van der Waals surface area contributed by atoms with Gasteiger partial charge in [0.05, 0.1) is 23.1 Å². The van der Waals surface area contributed by atoms with E-state index in [4.69, 9.17) is 0 Å². The SMILES string of the molecule is Cc1ccc(C(=O)CCc2cn(-c3ccc(-n4cc(O)ccc4=O)cc3)cn2)s1. The third kappa shape index (κ3) is 4.20. The molecule has 0 atom stereocenters. The van der Waals surface area contributed by atoms with E-state index in [9.17, 15) is 14.7 Å². The van der Waals surface area contributed by atoms with Gasteiger partial charge in [-0.3, -0.25) is 14.2 Å². The Hall–Kier alpha value is -3.45. The first kappa shape index (κ1) is 18.9. The van der Waals surface area contributed by atoms with Crippen LogP contribution in [0.5, 0.6) is 5.75 Å². The van der Waals surface area contributed by atoms with Gasteiger partial charge in [0.1, 0.15) is 5.75 Å². The summed E-state index contributed by atoms with van der Waals surface area (Å²) in [5, 5.41) is 9.60. The topological polar surface area (TPSA) is 77.1 Å². The molecule has 0 bridgehead atoms. The number of carbonyl (C=O) groups is 1. The molecule has 0 saturated carbocycles. The van der Waals surface area contributed by atoms with Gasteiger partial charge in [0.25, 0.3) is 5.56 Å². The molecule has 0 unspecified atom stereocenters. The van der Waals surface area contributed by atoms with Crippen molar-refractivity contribution in [3.63, 3.8) is 0 Å². The van der Waals surface area contributed by atoms with Crippen molar-refractivity contribution in [2.24, 2.45) is 0 Å². The fourth-order valence-corrected chi connectivity index (χ4v) is 3.88. The van der Waals surface area contributed by atoms with Crippen molar-refractivity contribution in [1.82, 2.24) is 14.1 Å². The van der Waals surface area contributed by atoms with Crippen molar-refractivity contribution in [1.29, 1.82) is 0 Å². The highest BCUT2D eigenvalue weighted by molar-refractivity contribution is 7.14. The average molecular weight is 405 g/mol. The Kier molecular flexibility index (Phi) is 5.14. The Morgan fingerprint density at radius 2 is 1.79 bits per heavy atom. The predicted molar refractivity (Wildman–Crippen MR) is 113 cm³/mol. The number of aromatic hydroxyl groups is 1. The molecular weight excluding hydrogens is 386 g/mol. The first-order chi connectivity index (χ1) is 14.0. The van der Waals surface area contributed by atoms with E-state index in [1.807, 2.05) is 42.0 Å². The second kappa shape index (κ2) is 7.89. The van der Waals surface area contributed by atoms with E-state index in [2.05, 4.69) is 4.98 Å². The molecule has 0 radical (unpaired) electrons. The number of aryl methyl sites for hydroxylation is 2. The van der Waals surface area contributed by atoms with Gasteiger partial charge in [0.2, 0.25) is 0 Å². The van der Waals surface area contributed by atoms with Gasteiger partial charge in [0, 0.05) is 34.9 Å². The second-order valence-corrected chi connectivity index (χ2v) is 8.01. The minimum Gasteiger partial charge on any atom is -0.506 e. The van der Waals surface area contributed by atoms with E-state index in [0.717, 1.165) is 21.1 Å². The molecule has 29 heavy (non-hydrogen) atoms. The summed E-state index contributed by atoms with van der Waals surface area (Å²) in [6, 6.07) is 13.9. The number of Topliss-reactive ketones (excluding diaryl/α,β-unsaturated/α-hetero) is 1. The van der Waals surface area contributed by atoms with E-state index in [1.54, 1.807) is 18.5 Å². The summed E-state index contributed by atoms with van der Waals surface area (Å²) in [5.74, 6) is 0.166. The standard InChI is InChI=1S/C22H19N3O3S/c1-15-2-10-21(29-15)20(27)9-3-16-12-24(14-23-16)17-4-6-18(7-5-17)25-13-19(26)8-11-22(25)28/h2,4-8,10-14,26H,3,9H2,1H3. The molecule has 4 rings (SSSR count). The van der Waals surface area contributed by atoms with Crippen LogP contribution in [-0.2, 0) is 6.42 Å². The molecule has 6 nitrogen and oxygen atoms in total. The highest BCUT2D eigenvalue weighted by Gasteiger charge is 2.10. The largest absolute Gasteiger partial charge is 0.506 e. The smallest absolute Gasteiger partial charge is 0.255 e. The zero-order valence-electron chi connectivity index (χ0n) is 15.8. The van der Waals surface area contributed by atoms with Crippen LogP contribution in [0.25, 0.3) is 11.4 Å². The van der Waals surface area contributed by atoms with Crippen molar-refractivity contribution in [2.45, 2.75) is 19.8 Å². The molecule has 0 spiro atoms. The summed E-state index contributed by atoms with van der Waals surface area (Å²) in [7, 11) is 0. The second-order valence-electron chi connectivity index (χ2n) is 6.72. The van der Waals surface area contributed by atoms with Crippen LogP contribution < -0.4 is 5.56 Å². The van der Waals surface area contributed by atoms with Crippen LogP contribution in [0.2, 0.25) is 0 Å². The highest BCUT2D eigenvalue weighted by Crippen LogP contribution is 2.18. The van der Waals surface area contributed by atoms with Gasteiger partial charge >= 0.3 is 0 Å². The van der Waals surface area contributed by atoms with Crippen LogP contribution in [0.3, 0.4) is 0 Å². The lowest BCUT2D eigenvalue weighted by atomic mass is 10.1. The maximum absolute atomic E-state index is 12.3. The van der Waals surface area contributed by atoms with Crippen LogP contribution in [0.1, 0.15) is 26.7 Å². The molecule has 0 fully saturated rings. The first-order valence-electron chi connectivity index (χ1n) is 9.14. The Morgan fingerprint density at radius 3 is 2.52 bits per heavy atom. The average Bonchev–Trinajstić information content (AvgIpc) is 3.37. The van der Waals surface area contributed by atoms with E-state index in [0.29, 0.717) is 18.5 Å². The molecule has 4 aromatic rings. The van der Waals surface area contributed by atoms with Crippen molar-refractivity contribution < 1.29 is 9.90 Å². The molecule has 1 aromatic carbocycles. The Balaban J connectivity index is 1.46. The van der Waals surface area contributed by atoms with E-state index >= 15 is 0 Å². The number of ketones is 1. The van der Waals surface area contributed by atoms with Crippen LogP contribution in [-0.4, -0.2) is 25.0 Å². The van der Waals surface area contributed by atoms with E-state index in [-0.39, 0.29) is 17.1 Å². The number of aromatic nitrogens is 3. The third-order valence-electron chi connectivity index (χ3n) is 4.58. The summed E-state index contributed by atoms with van der Waals surface area (Å²) in [6.07, 6.45) is 6.02. The molecule has 146 valence electrons. The number of carbonyl (C=O) groups excluding carboxylic acids is 1. The predicted octanol–water partition coefficient (Wildman–Crippen LogP) is 3.91. The van der Waals surface area contributed by atoms with Crippen LogP contribution in [0.4, 0.5) is 0 Å². The molecule has 3 heterocycles. The Morgan fingerprint density at radius 1 is 1.03 bits per heavy atom. The van der Waals surface area contributed by atoms with Gasteiger partial charge in [-0.25, -0.2) is 4.98 Å². The monoisotopic (exact) mass is 405 g/mol. The lowest BCUT2D eigenvalue weighted by Gasteiger charge is -2.07. The number of hydrogen-bond acceptors (Lipinski definition) is 5. The Bertz CT molecular complexity index is 1220. The quantitative estimate of drug-likeness (QED) is 0.494. The fraction of sp³-hybridized carbons (Fsp3) is 0.136. The first-order valence-corrected chi connectivity index (χ1v) is 9.96. The minimum absolute atomic E-state index is 0.0279. The summed E-state index contributed by atoms with van der Waals surface area (Å²) < 4.78 is 3.26. The molecule has 0 aliphatic heterocycles. The number of rotatable bonds is 6. The zero-order valence-corrected chi connectivity index (χ0v) is 16.6. The molecule has 0 saturated heterocycles.